The first-order valence-corrected chi connectivity index (χ1v) is 41.2. The molecule has 0 atom stereocenters. The van der Waals surface area contributed by atoms with E-state index in [-0.39, 0.29) is 0 Å². The summed E-state index contributed by atoms with van der Waals surface area (Å²) in [6.07, 6.45) is 0. The maximum atomic E-state index is 2.41. The lowest BCUT2D eigenvalue weighted by molar-refractivity contribution is 1.29. The molecule has 0 aliphatic rings. The molecule has 0 radical (unpaired) electrons. The van der Waals surface area contributed by atoms with E-state index in [9.17, 15) is 0 Å². The Balaban J connectivity index is 0.000000148. The first-order valence-electron chi connectivity index (χ1n) is 41.2. The maximum absolute atomic E-state index is 2.41. The topological polar surface area (TPSA) is 13.0 Å². The van der Waals surface area contributed by atoms with Crippen molar-refractivity contribution in [2.45, 2.75) is 0 Å². The predicted molar refractivity (Wildman–Crippen MR) is 513 cm³/mol. The van der Waals surface area contributed by atoms with Crippen molar-refractivity contribution in [1.29, 1.82) is 0 Å². The van der Waals surface area contributed by atoms with Crippen molar-refractivity contribution < 1.29 is 0 Å². The van der Waals surface area contributed by atoms with Gasteiger partial charge < -0.3 is 19.6 Å². The SMILES string of the molecule is c1ccc(-c2ccc(N(c3ccc4ccccc4c3)c3ccc4ccccc4c3)cc2)c(-c2ccc(N(c3ccc4ccccc4c3)c3ccc4ccccc4c3)cc2)c1.c1ccc(-c2ccc(N(c3cccc4ccccc34)c3cccc4ccccc34)cc2)c(-c2ccc(N(c3cccc4ccccc34)c3cccc4ccccc34)cc2)c1. The lowest BCUT2D eigenvalue weighted by atomic mass is 9.94. The van der Waals surface area contributed by atoms with Crippen LogP contribution in [0.15, 0.2) is 485 Å². The van der Waals surface area contributed by atoms with E-state index in [2.05, 4.69) is 505 Å². The number of hydrogen-bond acceptors (Lipinski definition) is 4. The highest BCUT2D eigenvalue weighted by Gasteiger charge is 2.23. The minimum Gasteiger partial charge on any atom is -0.310 e. The molecule has 120 heavy (non-hydrogen) atoms. The van der Waals surface area contributed by atoms with E-state index in [1.807, 2.05) is 0 Å². The molecule has 0 amide bonds. The molecule has 0 unspecified atom stereocenters. The molecule has 22 aromatic carbocycles. The van der Waals surface area contributed by atoms with Crippen LogP contribution in [0.4, 0.5) is 68.2 Å². The van der Waals surface area contributed by atoms with E-state index in [1.54, 1.807) is 0 Å². The van der Waals surface area contributed by atoms with Crippen LogP contribution < -0.4 is 19.6 Å². The summed E-state index contributed by atoms with van der Waals surface area (Å²) in [4.78, 5) is 9.56. The average Bonchev–Trinajstić information content (AvgIpc) is 0.746. The Morgan fingerprint density at radius 3 is 0.517 bits per heavy atom. The zero-order valence-corrected chi connectivity index (χ0v) is 66.0. The smallest absolute Gasteiger partial charge is 0.0540 e. The van der Waals surface area contributed by atoms with Crippen molar-refractivity contribution in [3.05, 3.63) is 485 Å². The average molecular weight is 1530 g/mol. The van der Waals surface area contributed by atoms with Gasteiger partial charge in [0.2, 0.25) is 0 Å². The highest BCUT2D eigenvalue weighted by atomic mass is 15.2. The Morgan fingerprint density at radius 1 is 0.108 bits per heavy atom. The van der Waals surface area contributed by atoms with Crippen molar-refractivity contribution >= 4 is 154 Å². The molecule has 22 aromatic rings. The Bertz CT molecular complexity index is 6770. The largest absolute Gasteiger partial charge is 0.310 e. The van der Waals surface area contributed by atoms with Crippen molar-refractivity contribution in [3.63, 3.8) is 0 Å². The highest BCUT2D eigenvalue weighted by Crippen LogP contribution is 2.48. The molecule has 0 aliphatic carbocycles. The summed E-state index contributed by atoms with van der Waals surface area (Å²) in [7, 11) is 0. The molecular weight excluding hydrogens is 1450 g/mol. The van der Waals surface area contributed by atoms with E-state index in [0.717, 1.165) is 68.2 Å². The first-order chi connectivity index (χ1) is 59.5. The van der Waals surface area contributed by atoms with Crippen LogP contribution in [-0.4, -0.2) is 0 Å². The normalized spacial score (nSPS) is 11.3. The standard InChI is InChI=1S/2C58H40N2/c1-5-25-51-41(15-1)19-11-29-55(51)59(56-30-12-20-42-16-2-6-26-52(42)56)47-37-33-45(34-38-47)49-23-9-10-24-50(49)46-35-39-48(40-36-46)60(57-31-13-21-43-17-3-7-27-53(43)57)58-32-14-22-44-18-4-8-28-54(44)58;1-5-15-47-37-53(33-21-41(47)11-1)59(54-34-22-42-12-2-6-16-48(42)38-54)51-29-25-45(26-30-51)57-19-9-10-20-58(57)46-27-31-52(32-28-46)60(55-35-23-43-13-3-7-17-49(43)39-55)56-36-24-44-14-4-8-18-50(44)40-56/h2*1-40H. The van der Waals surface area contributed by atoms with Gasteiger partial charge in [-0.3, -0.25) is 0 Å². The third-order valence-corrected chi connectivity index (χ3v) is 23.6. The monoisotopic (exact) mass is 1530 g/mol. The third kappa shape index (κ3) is 13.9. The number of hydrogen-bond donors (Lipinski definition) is 0. The van der Waals surface area contributed by atoms with Gasteiger partial charge in [0.05, 0.1) is 22.7 Å². The summed E-state index contributed by atoms with van der Waals surface area (Å²) in [6.45, 7) is 0. The summed E-state index contributed by atoms with van der Waals surface area (Å²) in [6, 6.07) is 176. The molecule has 0 fully saturated rings. The van der Waals surface area contributed by atoms with Gasteiger partial charge in [-0.05, 0) is 230 Å². The summed E-state index contributed by atoms with van der Waals surface area (Å²) in [5, 5.41) is 19.5. The van der Waals surface area contributed by atoms with Crippen LogP contribution in [0.2, 0.25) is 0 Å². The van der Waals surface area contributed by atoms with E-state index >= 15 is 0 Å². The molecule has 4 heteroatoms. The van der Waals surface area contributed by atoms with Crippen LogP contribution in [-0.2, 0) is 0 Å². The number of anilines is 12. The van der Waals surface area contributed by atoms with Gasteiger partial charge in [0.1, 0.15) is 0 Å². The summed E-state index contributed by atoms with van der Waals surface area (Å²) < 4.78 is 0. The Labute approximate surface area is 699 Å². The van der Waals surface area contributed by atoms with Gasteiger partial charge in [0.25, 0.3) is 0 Å². The van der Waals surface area contributed by atoms with Crippen LogP contribution in [0.3, 0.4) is 0 Å². The minimum absolute atomic E-state index is 1.11. The second-order valence-corrected chi connectivity index (χ2v) is 30.7. The molecule has 0 saturated carbocycles. The van der Waals surface area contributed by atoms with E-state index in [1.165, 1.54) is 131 Å². The second kappa shape index (κ2) is 31.7. The van der Waals surface area contributed by atoms with Crippen LogP contribution in [0.5, 0.6) is 0 Å². The number of nitrogens with zero attached hydrogens (tertiary/aromatic N) is 4. The minimum atomic E-state index is 1.11. The van der Waals surface area contributed by atoms with Crippen molar-refractivity contribution in [2.75, 3.05) is 19.6 Å². The van der Waals surface area contributed by atoms with Crippen LogP contribution >= 0.6 is 0 Å². The molecule has 22 rings (SSSR count). The van der Waals surface area contributed by atoms with Crippen LogP contribution in [0, 0.1) is 0 Å². The zero-order valence-electron chi connectivity index (χ0n) is 66.0. The van der Waals surface area contributed by atoms with Gasteiger partial charge in [0, 0.05) is 67.0 Å². The zero-order chi connectivity index (χ0) is 79.7. The highest BCUT2D eigenvalue weighted by molar-refractivity contribution is 6.08. The van der Waals surface area contributed by atoms with E-state index in [4.69, 9.17) is 0 Å². The van der Waals surface area contributed by atoms with Crippen LogP contribution in [0.25, 0.3) is 131 Å². The van der Waals surface area contributed by atoms with Crippen LogP contribution in [0.1, 0.15) is 0 Å². The molecule has 0 aromatic heterocycles. The first kappa shape index (κ1) is 71.9. The summed E-state index contributed by atoms with van der Waals surface area (Å²) in [5.74, 6) is 0. The molecule has 0 bridgehead atoms. The van der Waals surface area contributed by atoms with Gasteiger partial charge in [0.15, 0.2) is 0 Å². The molecule has 0 heterocycles. The second-order valence-electron chi connectivity index (χ2n) is 30.7. The Morgan fingerprint density at radius 2 is 0.283 bits per heavy atom. The molecule has 0 saturated heterocycles. The van der Waals surface area contributed by atoms with Crippen molar-refractivity contribution in [3.8, 4) is 44.5 Å². The molecular formula is C116H80N4. The predicted octanol–water partition coefficient (Wildman–Crippen LogP) is 33.1. The number of rotatable bonds is 16. The molecule has 4 nitrogen and oxygen atoms in total. The van der Waals surface area contributed by atoms with E-state index < -0.39 is 0 Å². The van der Waals surface area contributed by atoms with E-state index in [0.29, 0.717) is 0 Å². The molecule has 0 N–H and O–H groups in total. The van der Waals surface area contributed by atoms with Crippen molar-refractivity contribution in [1.82, 2.24) is 0 Å². The summed E-state index contributed by atoms with van der Waals surface area (Å²) in [5.41, 5.74) is 23.0. The Kier molecular flexibility index (Phi) is 19.0. The molecule has 0 spiro atoms. The van der Waals surface area contributed by atoms with Crippen molar-refractivity contribution in [2.24, 2.45) is 0 Å². The lowest BCUT2D eigenvalue weighted by Gasteiger charge is -2.28. The van der Waals surface area contributed by atoms with Gasteiger partial charge in [-0.1, -0.05) is 364 Å². The Hall–Kier alpha value is -15.9. The lowest BCUT2D eigenvalue weighted by Crippen LogP contribution is -2.11. The molecule has 564 valence electrons. The quantitative estimate of drug-likeness (QED) is 0.0956. The molecule has 0 aliphatic heterocycles. The van der Waals surface area contributed by atoms with Gasteiger partial charge in [-0.15, -0.1) is 0 Å². The third-order valence-electron chi connectivity index (χ3n) is 23.6. The number of fused-ring (bicyclic) bond motifs is 8. The maximum Gasteiger partial charge on any atom is 0.0540 e. The van der Waals surface area contributed by atoms with Gasteiger partial charge in [-0.25, -0.2) is 0 Å². The fraction of sp³-hybridized carbons (Fsp3) is 0. The summed E-state index contributed by atoms with van der Waals surface area (Å²) >= 11 is 0. The fourth-order valence-electron chi connectivity index (χ4n) is 17.7. The number of benzene rings is 22. The van der Waals surface area contributed by atoms with Gasteiger partial charge >= 0.3 is 0 Å². The van der Waals surface area contributed by atoms with Gasteiger partial charge in [-0.2, -0.15) is 0 Å². The fourth-order valence-corrected chi connectivity index (χ4v) is 17.7.